The maximum atomic E-state index is 13.0. The molecule has 0 aliphatic carbocycles. The lowest BCUT2D eigenvalue weighted by molar-refractivity contribution is -0.155. The van der Waals surface area contributed by atoms with Crippen molar-refractivity contribution >= 4 is 11.8 Å². The predicted octanol–water partition coefficient (Wildman–Crippen LogP) is 3.08. The smallest absolute Gasteiger partial charge is 0.326 e. The van der Waals surface area contributed by atoms with Crippen LogP contribution in [-0.2, 0) is 16.1 Å². The number of methoxy groups -OCH3 is 1. The third-order valence-corrected chi connectivity index (χ3v) is 3.55. The molecule has 2 rings (SSSR count). The van der Waals surface area contributed by atoms with Crippen LogP contribution in [-0.4, -0.2) is 34.3 Å². The molecule has 0 radical (unpaired) electrons. The quantitative estimate of drug-likeness (QED) is 0.784. The Morgan fingerprint density at radius 1 is 1.30 bits per heavy atom. The van der Waals surface area contributed by atoms with Gasteiger partial charge in [0, 0.05) is 11.6 Å². The molecule has 0 spiro atoms. The van der Waals surface area contributed by atoms with Crippen LogP contribution in [0.15, 0.2) is 35.3 Å². The van der Waals surface area contributed by atoms with Crippen LogP contribution in [0.5, 0.6) is 5.75 Å². The number of carbonyl (C=O) groups is 1. The standard InChI is InChI=1S/C20H27N3O4/c1-13(2)22-18-19(25)23(12-17(24)27-20(3,4)5)16(11-21-18)14-8-7-9-15(10-14)26-6/h7-11,13H,12H2,1-6H3,(H,21,22). The zero-order chi connectivity index (χ0) is 20.2. The highest BCUT2D eigenvalue weighted by molar-refractivity contribution is 5.72. The molecule has 146 valence electrons. The molecule has 0 saturated carbocycles. The number of anilines is 1. The molecule has 7 nitrogen and oxygen atoms in total. The molecule has 0 amide bonds. The Hall–Kier alpha value is -2.83. The summed E-state index contributed by atoms with van der Waals surface area (Å²) in [5, 5.41) is 3.01. The van der Waals surface area contributed by atoms with E-state index in [9.17, 15) is 9.59 Å². The fourth-order valence-electron chi connectivity index (χ4n) is 2.53. The van der Waals surface area contributed by atoms with Crippen molar-refractivity contribution in [2.75, 3.05) is 12.4 Å². The Kier molecular flexibility index (Phi) is 6.25. The molecular formula is C20H27N3O4. The van der Waals surface area contributed by atoms with Crippen LogP contribution < -0.4 is 15.6 Å². The molecule has 0 saturated heterocycles. The third-order valence-electron chi connectivity index (χ3n) is 3.55. The van der Waals surface area contributed by atoms with Crippen LogP contribution >= 0.6 is 0 Å². The van der Waals surface area contributed by atoms with Crippen LogP contribution in [0.25, 0.3) is 11.3 Å². The number of nitrogens with one attached hydrogen (secondary N) is 1. The molecule has 0 atom stereocenters. The average Bonchev–Trinajstić information content (AvgIpc) is 2.56. The number of hydrogen-bond donors (Lipinski definition) is 1. The van der Waals surface area contributed by atoms with E-state index in [1.54, 1.807) is 40.1 Å². The number of rotatable bonds is 6. The maximum absolute atomic E-state index is 13.0. The van der Waals surface area contributed by atoms with Crippen molar-refractivity contribution in [3.63, 3.8) is 0 Å². The fraction of sp³-hybridized carbons (Fsp3) is 0.450. The maximum Gasteiger partial charge on any atom is 0.326 e. The molecule has 1 heterocycles. The summed E-state index contributed by atoms with van der Waals surface area (Å²) >= 11 is 0. The Balaban J connectivity index is 2.53. The van der Waals surface area contributed by atoms with Crippen molar-refractivity contribution in [2.45, 2.75) is 52.8 Å². The topological polar surface area (TPSA) is 82.5 Å². The molecule has 0 unspecified atom stereocenters. The highest BCUT2D eigenvalue weighted by atomic mass is 16.6. The molecule has 1 aromatic heterocycles. The van der Waals surface area contributed by atoms with Crippen LogP contribution in [0.1, 0.15) is 34.6 Å². The second kappa shape index (κ2) is 8.24. The molecule has 0 bridgehead atoms. The molecule has 1 aromatic carbocycles. The van der Waals surface area contributed by atoms with Crippen molar-refractivity contribution in [1.29, 1.82) is 0 Å². The van der Waals surface area contributed by atoms with Gasteiger partial charge in [0.25, 0.3) is 5.56 Å². The lowest BCUT2D eigenvalue weighted by Crippen LogP contribution is -2.33. The first-order valence-electron chi connectivity index (χ1n) is 8.83. The normalized spacial score (nSPS) is 11.4. The summed E-state index contributed by atoms with van der Waals surface area (Å²) in [6.45, 7) is 8.97. The zero-order valence-corrected chi connectivity index (χ0v) is 16.7. The molecule has 7 heteroatoms. The first kappa shape index (κ1) is 20.5. The number of hydrogen-bond acceptors (Lipinski definition) is 6. The van der Waals surface area contributed by atoms with Crippen LogP contribution in [0.3, 0.4) is 0 Å². The molecule has 0 aliphatic rings. The van der Waals surface area contributed by atoms with Gasteiger partial charge in [0.1, 0.15) is 17.9 Å². The lowest BCUT2D eigenvalue weighted by atomic mass is 10.1. The molecule has 2 aromatic rings. The Labute approximate surface area is 159 Å². The van der Waals surface area contributed by atoms with Crippen molar-refractivity contribution in [3.8, 4) is 17.0 Å². The van der Waals surface area contributed by atoms with Crippen molar-refractivity contribution in [3.05, 3.63) is 40.8 Å². The molecule has 0 aliphatic heterocycles. The van der Waals surface area contributed by atoms with E-state index in [1.807, 2.05) is 32.0 Å². The van der Waals surface area contributed by atoms with Gasteiger partial charge in [-0.25, -0.2) is 4.98 Å². The van der Waals surface area contributed by atoms with Crippen molar-refractivity contribution in [2.24, 2.45) is 0 Å². The van der Waals surface area contributed by atoms with Gasteiger partial charge in [0.05, 0.1) is 19.0 Å². The van der Waals surface area contributed by atoms with Gasteiger partial charge in [-0.05, 0) is 46.8 Å². The number of carbonyl (C=O) groups excluding carboxylic acids is 1. The minimum atomic E-state index is -0.636. The highest BCUT2D eigenvalue weighted by Crippen LogP contribution is 2.23. The Bertz CT molecular complexity index is 866. The minimum Gasteiger partial charge on any atom is -0.497 e. The summed E-state index contributed by atoms with van der Waals surface area (Å²) in [5.74, 6) is 0.351. The SMILES string of the molecule is COc1cccc(-c2cnc(NC(C)C)c(=O)n2CC(=O)OC(C)(C)C)c1. The molecule has 0 fully saturated rings. The van der Waals surface area contributed by atoms with E-state index in [-0.39, 0.29) is 24.0 Å². The van der Waals surface area contributed by atoms with E-state index in [1.165, 1.54) is 4.57 Å². The monoisotopic (exact) mass is 373 g/mol. The van der Waals surface area contributed by atoms with Crippen molar-refractivity contribution in [1.82, 2.24) is 9.55 Å². The van der Waals surface area contributed by atoms with E-state index >= 15 is 0 Å². The summed E-state index contributed by atoms with van der Waals surface area (Å²) in [5.41, 5.74) is 0.218. The largest absolute Gasteiger partial charge is 0.497 e. The van der Waals surface area contributed by atoms with Gasteiger partial charge in [0.15, 0.2) is 5.82 Å². The first-order chi connectivity index (χ1) is 12.6. The Morgan fingerprint density at radius 2 is 2.00 bits per heavy atom. The van der Waals surface area contributed by atoms with Gasteiger partial charge in [0.2, 0.25) is 0 Å². The summed E-state index contributed by atoms with van der Waals surface area (Å²) in [4.78, 5) is 29.6. The summed E-state index contributed by atoms with van der Waals surface area (Å²) < 4.78 is 12.0. The number of benzene rings is 1. The number of nitrogens with zero attached hydrogens (tertiary/aromatic N) is 2. The van der Waals surface area contributed by atoms with E-state index in [2.05, 4.69) is 10.3 Å². The summed E-state index contributed by atoms with van der Waals surface area (Å²) in [6.07, 6.45) is 1.57. The van der Waals surface area contributed by atoms with Crippen LogP contribution in [0.2, 0.25) is 0 Å². The minimum absolute atomic E-state index is 0.0304. The van der Waals surface area contributed by atoms with E-state index in [4.69, 9.17) is 9.47 Å². The second-order valence-corrected chi connectivity index (χ2v) is 7.50. The summed E-state index contributed by atoms with van der Waals surface area (Å²) in [7, 11) is 1.57. The third kappa shape index (κ3) is 5.57. The second-order valence-electron chi connectivity index (χ2n) is 7.50. The van der Waals surface area contributed by atoms with Crippen molar-refractivity contribution < 1.29 is 14.3 Å². The van der Waals surface area contributed by atoms with E-state index in [0.717, 1.165) is 5.56 Å². The Morgan fingerprint density at radius 3 is 2.59 bits per heavy atom. The van der Waals surface area contributed by atoms with Gasteiger partial charge in [-0.15, -0.1) is 0 Å². The van der Waals surface area contributed by atoms with Gasteiger partial charge in [-0.1, -0.05) is 12.1 Å². The average molecular weight is 373 g/mol. The van der Waals surface area contributed by atoms with Gasteiger partial charge in [-0.2, -0.15) is 0 Å². The molecule has 27 heavy (non-hydrogen) atoms. The zero-order valence-electron chi connectivity index (χ0n) is 16.7. The van der Waals surface area contributed by atoms with Crippen LogP contribution in [0, 0.1) is 0 Å². The van der Waals surface area contributed by atoms with Crippen LogP contribution in [0.4, 0.5) is 5.82 Å². The van der Waals surface area contributed by atoms with E-state index < -0.39 is 11.6 Å². The predicted molar refractivity (Wildman–Crippen MR) is 105 cm³/mol. The molecule has 1 N–H and O–H groups in total. The lowest BCUT2D eigenvalue weighted by Gasteiger charge is -2.21. The van der Waals surface area contributed by atoms with Gasteiger partial charge in [-0.3, -0.25) is 14.2 Å². The number of esters is 1. The first-order valence-corrected chi connectivity index (χ1v) is 8.83. The highest BCUT2D eigenvalue weighted by Gasteiger charge is 2.20. The number of ether oxygens (including phenoxy) is 2. The fourth-order valence-corrected chi connectivity index (χ4v) is 2.53. The van der Waals surface area contributed by atoms with E-state index in [0.29, 0.717) is 11.4 Å². The molecular weight excluding hydrogens is 346 g/mol. The summed E-state index contributed by atoms with van der Waals surface area (Å²) in [6, 6.07) is 7.28. The van der Waals surface area contributed by atoms with Gasteiger partial charge >= 0.3 is 5.97 Å². The number of aromatic nitrogens is 2. The van der Waals surface area contributed by atoms with Gasteiger partial charge < -0.3 is 14.8 Å².